The molecule has 2 aromatic rings. The fraction of sp³-hybridized carbons (Fsp3) is 0.143. The van der Waals surface area contributed by atoms with Gasteiger partial charge in [0.2, 0.25) is 0 Å². The van der Waals surface area contributed by atoms with Crippen LogP contribution in [0.4, 0.5) is 0 Å². The number of hydrogen-bond donors (Lipinski definition) is 2. The predicted molar refractivity (Wildman–Crippen MR) is 65.8 cm³/mol. The number of hydrogen-bond acceptors (Lipinski definition) is 3. The van der Waals surface area contributed by atoms with Gasteiger partial charge in [0.05, 0.1) is 0 Å². The number of rotatable bonds is 2. The van der Waals surface area contributed by atoms with Crippen molar-refractivity contribution in [3.8, 4) is 23.0 Å². The molecule has 0 aromatic heterocycles. The van der Waals surface area contributed by atoms with Crippen LogP contribution in [0.3, 0.4) is 0 Å². The van der Waals surface area contributed by atoms with Crippen molar-refractivity contribution in [3.63, 3.8) is 0 Å². The molecule has 0 unspecified atom stereocenters. The van der Waals surface area contributed by atoms with E-state index in [1.165, 1.54) is 6.07 Å². The van der Waals surface area contributed by atoms with Gasteiger partial charge in [-0.25, -0.2) is 0 Å². The van der Waals surface area contributed by atoms with Crippen LogP contribution in [0.1, 0.15) is 11.1 Å². The van der Waals surface area contributed by atoms with E-state index in [1.54, 1.807) is 13.0 Å². The molecule has 3 heteroatoms. The lowest BCUT2D eigenvalue weighted by Crippen LogP contribution is -1.88. The zero-order valence-corrected chi connectivity index (χ0v) is 9.77. The summed E-state index contributed by atoms with van der Waals surface area (Å²) in [7, 11) is 0. The van der Waals surface area contributed by atoms with Crippen molar-refractivity contribution in [3.05, 3.63) is 47.5 Å². The Kier molecular flexibility index (Phi) is 2.91. The van der Waals surface area contributed by atoms with Gasteiger partial charge >= 0.3 is 0 Å². The van der Waals surface area contributed by atoms with E-state index in [2.05, 4.69) is 0 Å². The first kappa shape index (κ1) is 11.3. The van der Waals surface area contributed by atoms with E-state index < -0.39 is 0 Å². The Balaban J connectivity index is 2.33. The summed E-state index contributed by atoms with van der Waals surface area (Å²) in [5.41, 5.74) is 1.83. The van der Waals surface area contributed by atoms with Gasteiger partial charge in [-0.05, 0) is 37.6 Å². The monoisotopic (exact) mass is 230 g/mol. The molecule has 0 aliphatic carbocycles. The number of phenols is 2. The maximum Gasteiger partial charge on any atom is 0.172 e. The Morgan fingerprint density at radius 2 is 1.59 bits per heavy atom. The normalized spacial score (nSPS) is 10.2. The highest BCUT2D eigenvalue weighted by molar-refractivity contribution is 5.51. The summed E-state index contributed by atoms with van der Waals surface area (Å²) in [6, 6.07) is 10.3. The van der Waals surface area contributed by atoms with Gasteiger partial charge in [-0.1, -0.05) is 17.7 Å². The van der Waals surface area contributed by atoms with Crippen LogP contribution in [0.25, 0.3) is 0 Å². The number of ether oxygens (including phenoxy) is 1. The largest absolute Gasteiger partial charge is 0.508 e. The Hall–Kier alpha value is -2.16. The number of benzene rings is 2. The molecule has 0 bridgehead atoms. The van der Waals surface area contributed by atoms with Gasteiger partial charge in [0.15, 0.2) is 11.5 Å². The van der Waals surface area contributed by atoms with Gasteiger partial charge in [-0.3, -0.25) is 0 Å². The second kappa shape index (κ2) is 4.37. The van der Waals surface area contributed by atoms with Gasteiger partial charge in [0, 0.05) is 6.07 Å². The van der Waals surface area contributed by atoms with Gasteiger partial charge in [-0.2, -0.15) is 0 Å². The fourth-order valence-electron chi connectivity index (χ4n) is 1.59. The maximum absolute atomic E-state index is 9.70. The third-order valence-electron chi connectivity index (χ3n) is 2.48. The molecule has 17 heavy (non-hydrogen) atoms. The summed E-state index contributed by atoms with van der Waals surface area (Å²) in [4.78, 5) is 0. The van der Waals surface area contributed by atoms with Crippen molar-refractivity contribution in [1.29, 1.82) is 0 Å². The molecular weight excluding hydrogens is 216 g/mol. The van der Waals surface area contributed by atoms with Crippen molar-refractivity contribution in [2.45, 2.75) is 13.8 Å². The lowest BCUT2D eigenvalue weighted by atomic mass is 10.2. The Morgan fingerprint density at radius 1 is 0.941 bits per heavy atom. The topological polar surface area (TPSA) is 49.7 Å². The summed E-state index contributed by atoms with van der Waals surface area (Å²) in [6.45, 7) is 3.76. The Bertz CT molecular complexity index is 507. The van der Waals surface area contributed by atoms with E-state index in [0.717, 1.165) is 5.56 Å². The Labute approximate surface area is 99.9 Å². The molecule has 0 heterocycles. The molecule has 0 radical (unpaired) electrons. The first-order valence-electron chi connectivity index (χ1n) is 5.33. The van der Waals surface area contributed by atoms with Gasteiger partial charge in [0.1, 0.15) is 11.5 Å². The maximum atomic E-state index is 9.70. The molecule has 0 spiro atoms. The lowest BCUT2D eigenvalue weighted by molar-refractivity contribution is 0.401. The quantitative estimate of drug-likeness (QED) is 0.830. The van der Waals surface area contributed by atoms with Crippen LogP contribution in [0.15, 0.2) is 36.4 Å². The van der Waals surface area contributed by atoms with Crippen molar-refractivity contribution >= 4 is 0 Å². The minimum Gasteiger partial charge on any atom is -0.508 e. The van der Waals surface area contributed by atoms with Crippen LogP contribution in [0.2, 0.25) is 0 Å². The molecular formula is C14H14O3. The highest BCUT2D eigenvalue weighted by Gasteiger charge is 2.09. The molecule has 0 saturated carbocycles. The molecule has 2 rings (SSSR count). The zero-order chi connectivity index (χ0) is 12.4. The van der Waals surface area contributed by atoms with Crippen molar-refractivity contribution in [1.82, 2.24) is 0 Å². The van der Waals surface area contributed by atoms with Crippen LogP contribution in [-0.2, 0) is 0 Å². The van der Waals surface area contributed by atoms with Crippen LogP contribution in [-0.4, -0.2) is 10.2 Å². The highest BCUT2D eigenvalue weighted by Crippen LogP contribution is 2.36. The zero-order valence-electron chi connectivity index (χ0n) is 9.77. The van der Waals surface area contributed by atoms with Crippen LogP contribution < -0.4 is 4.74 Å². The fourth-order valence-corrected chi connectivity index (χ4v) is 1.59. The molecule has 0 atom stereocenters. The van der Waals surface area contributed by atoms with E-state index in [4.69, 9.17) is 4.74 Å². The minimum absolute atomic E-state index is 0.0243. The molecule has 88 valence electrons. The van der Waals surface area contributed by atoms with E-state index in [9.17, 15) is 10.2 Å². The van der Waals surface area contributed by atoms with Crippen LogP contribution >= 0.6 is 0 Å². The van der Waals surface area contributed by atoms with E-state index in [0.29, 0.717) is 17.1 Å². The average molecular weight is 230 g/mol. The molecule has 0 aliphatic heterocycles. The summed E-state index contributed by atoms with van der Waals surface area (Å²) in [5.74, 6) is 0.977. The molecule has 0 aliphatic rings. The van der Waals surface area contributed by atoms with Crippen LogP contribution in [0, 0.1) is 13.8 Å². The third-order valence-corrected chi connectivity index (χ3v) is 2.48. The summed E-state index contributed by atoms with van der Waals surface area (Å²) in [5, 5.41) is 19.0. The van der Waals surface area contributed by atoms with E-state index >= 15 is 0 Å². The smallest absolute Gasteiger partial charge is 0.172 e. The van der Waals surface area contributed by atoms with Crippen molar-refractivity contribution in [2.24, 2.45) is 0 Å². The molecule has 2 aromatic carbocycles. The molecule has 0 amide bonds. The number of aryl methyl sites for hydroxylation is 2. The average Bonchev–Trinajstić information content (AvgIpc) is 2.26. The first-order valence-corrected chi connectivity index (χ1v) is 5.33. The molecule has 0 fully saturated rings. The van der Waals surface area contributed by atoms with E-state index in [-0.39, 0.29) is 11.5 Å². The van der Waals surface area contributed by atoms with Crippen molar-refractivity contribution < 1.29 is 14.9 Å². The summed E-state index contributed by atoms with van der Waals surface area (Å²) in [6.07, 6.45) is 0. The third kappa shape index (κ3) is 2.50. The van der Waals surface area contributed by atoms with E-state index in [1.807, 2.05) is 31.2 Å². The summed E-state index contributed by atoms with van der Waals surface area (Å²) >= 11 is 0. The Morgan fingerprint density at radius 3 is 2.18 bits per heavy atom. The standard InChI is InChI=1S/C14H14O3/c1-9-3-5-12(6-4-9)17-14-10(2)7-11(15)8-13(14)16/h3-8,15-16H,1-2H3. The van der Waals surface area contributed by atoms with Crippen LogP contribution in [0.5, 0.6) is 23.0 Å². The molecule has 0 saturated heterocycles. The number of aromatic hydroxyl groups is 2. The van der Waals surface area contributed by atoms with Gasteiger partial charge in [-0.15, -0.1) is 0 Å². The van der Waals surface area contributed by atoms with Crippen molar-refractivity contribution in [2.75, 3.05) is 0 Å². The van der Waals surface area contributed by atoms with Gasteiger partial charge < -0.3 is 14.9 Å². The second-order valence-electron chi connectivity index (χ2n) is 4.03. The second-order valence-corrected chi connectivity index (χ2v) is 4.03. The lowest BCUT2D eigenvalue weighted by Gasteiger charge is -2.11. The highest BCUT2D eigenvalue weighted by atomic mass is 16.5. The SMILES string of the molecule is Cc1ccc(Oc2c(C)cc(O)cc2O)cc1. The molecule has 3 nitrogen and oxygen atoms in total. The predicted octanol–water partition coefficient (Wildman–Crippen LogP) is 3.51. The summed E-state index contributed by atoms with van der Waals surface area (Å²) < 4.78 is 5.59. The first-order chi connectivity index (χ1) is 8.06. The number of phenolic OH excluding ortho intramolecular Hbond substituents is 2. The molecule has 2 N–H and O–H groups in total. The minimum atomic E-state index is -0.0666. The van der Waals surface area contributed by atoms with Gasteiger partial charge in [0.25, 0.3) is 0 Å².